The van der Waals surface area contributed by atoms with Crippen LogP contribution in [-0.2, 0) is 16.0 Å². The van der Waals surface area contributed by atoms with E-state index in [2.05, 4.69) is 19.2 Å². The molecule has 1 atom stereocenters. The first kappa shape index (κ1) is 17.2. The Balaban J connectivity index is 2.68. The van der Waals surface area contributed by atoms with Crippen LogP contribution in [-0.4, -0.2) is 18.4 Å². The molecular weight excluding hydrogens is 266 g/mol. The van der Waals surface area contributed by atoms with Crippen molar-refractivity contribution in [3.05, 3.63) is 29.8 Å². The number of rotatable bonds is 8. The summed E-state index contributed by atoms with van der Waals surface area (Å²) >= 11 is 0. The van der Waals surface area contributed by atoms with E-state index < -0.39 is 5.91 Å². The van der Waals surface area contributed by atoms with Crippen molar-refractivity contribution in [2.24, 2.45) is 23.3 Å². The smallest absolute Gasteiger partial charge is 0.224 e. The molecule has 5 heteroatoms. The van der Waals surface area contributed by atoms with Gasteiger partial charge in [-0.05, 0) is 36.4 Å². The van der Waals surface area contributed by atoms with Crippen molar-refractivity contribution in [3.8, 4) is 0 Å². The third-order valence-corrected chi connectivity index (χ3v) is 3.27. The van der Waals surface area contributed by atoms with Crippen molar-refractivity contribution in [1.29, 1.82) is 0 Å². The number of nitrogens with one attached hydrogen (secondary N) is 1. The molecule has 0 heterocycles. The highest BCUT2D eigenvalue weighted by atomic mass is 16.2. The summed E-state index contributed by atoms with van der Waals surface area (Å²) in [4.78, 5) is 23.2. The van der Waals surface area contributed by atoms with Gasteiger partial charge in [0.15, 0.2) is 0 Å². The molecule has 0 bridgehead atoms. The Hall–Kier alpha value is -1.88. The van der Waals surface area contributed by atoms with E-state index in [0.717, 1.165) is 12.0 Å². The van der Waals surface area contributed by atoms with Gasteiger partial charge in [-0.25, -0.2) is 0 Å². The number of primary amides is 1. The number of hydrogen-bond donors (Lipinski definition) is 3. The van der Waals surface area contributed by atoms with Gasteiger partial charge in [0.2, 0.25) is 11.8 Å². The maximum absolute atomic E-state index is 12.1. The van der Waals surface area contributed by atoms with Crippen LogP contribution in [0.5, 0.6) is 0 Å². The largest absolute Gasteiger partial charge is 0.369 e. The first-order valence-corrected chi connectivity index (χ1v) is 7.28. The lowest BCUT2D eigenvalue weighted by Gasteiger charge is -2.17. The van der Waals surface area contributed by atoms with Crippen LogP contribution in [0, 0.1) is 11.8 Å². The number of anilines is 1. The Labute approximate surface area is 126 Å². The van der Waals surface area contributed by atoms with Crippen LogP contribution < -0.4 is 16.8 Å². The second-order valence-electron chi connectivity index (χ2n) is 5.78. The standard InChI is InChI=1S/C16H25N3O2/c1-11(2)7-12(10-17)8-16(21)19-14-6-4-3-5-13(14)9-15(18)20/h3-6,11-12H,7-10,17H2,1-2H3,(H2,18,20)(H,19,21)/t12-/m0/s1. The van der Waals surface area contributed by atoms with Gasteiger partial charge >= 0.3 is 0 Å². The quantitative estimate of drug-likeness (QED) is 0.679. The van der Waals surface area contributed by atoms with Gasteiger partial charge in [0, 0.05) is 12.1 Å². The lowest BCUT2D eigenvalue weighted by atomic mass is 9.94. The molecule has 116 valence electrons. The summed E-state index contributed by atoms with van der Waals surface area (Å²) in [6.45, 7) is 4.72. The van der Waals surface area contributed by atoms with Crippen molar-refractivity contribution in [2.75, 3.05) is 11.9 Å². The van der Waals surface area contributed by atoms with Crippen molar-refractivity contribution in [2.45, 2.75) is 33.1 Å². The number of amides is 2. The second kappa shape index (κ2) is 8.42. The summed E-state index contributed by atoms with van der Waals surface area (Å²) < 4.78 is 0. The summed E-state index contributed by atoms with van der Waals surface area (Å²) in [6, 6.07) is 7.19. The molecule has 0 fully saturated rings. The predicted molar refractivity (Wildman–Crippen MR) is 84.6 cm³/mol. The number of para-hydroxylation sites is 1. The van der Waals surface area contributed by atoms with E-state index in [1.165, 1.54) is 0 Å². The maximum Gasteiger partial charge on any atom is 0.224 e. The maximum atomic E-state index is 12.1. The molecule has 0 aliphatic heterocycles. The summed E-state index contributed by atoms with van der Waals surface area (Å²) in [5.41, 5.74) is 12.3. The van der Waals surface area contributed by atoms with E-state index in [-0.39, 0.29) is 18.2 Å². The average molecular weight is 291 g/mol. The minimum atomic E-state index is -0.420. The highest BCUT2D eigenvalue weighted by molar-refractivity contribution is 5.92. The normalized spacial score (nSPS) is 12.2. The van der Waals surface area contributed by atoms with Gasteiger partial charge in [-0.2, -0.15) is 0 Å². The molecule has 0 aromatic heterocycles. The first-order chi connectivity index (χ1) is 9.92. The van der Waals surface area contributed by atoms with E-state index in [1.54, 1.807) is 12.1 Å². The summed E-state index contributed by atoms with van der Waals surface area (Å²) in [5.74, 6) is 0.182. The molecule has 1 aromatic rings. The molecule has 1 aromatic carbocycles. The average Bonchev–Trinajstić information content (AvgIpc) is 2.39. The van der Waals surface area contributed by atoms with E-state index in [4.69, 9.17) is 11.5 Å². The Morgan fingerprint density at radius 1 is 1.24 bits per heavy atom. The van der Waals surface area contributed by atoms with Crippen LogP contribution in [0.2, 0.25) is 0 Å². The number of carbonyl (C=O) groups excluding carboxylic acids is 2. The zero-order valence-electron chi connectivity index (χ0n) is 12.8. The van der Waals surface area contributed by atoms with Crippen LogP contribution in [0.4, 0.5) is 5.69 Å². The van der Waals surface area contributed by atoms with Crippen LogP contribution in [0.3, 0.4) is 0 Å². The molecule has 2 amide bonds. The molecule has 0 aliphatic rings. The Morgan fingerprint density at radius 2 is 1.90 bits per heavy atom. The monoisotopic (exact) mass is 291 g/mol. The highest BCUT2D eigenvalue weighted by Crippen LogP contribution is 2.18. The number of hydrogen-bond acceptors (Lipinski definition) is 3. The fraction of sp³-hybridized carbons (Fsp3) is 0.500. The molecule has 0 aliphatic carbocycles. The number of carbonyl (C=O) groups is 2. The zero-order valence-corrected chi connectivity index (χ0v) is 12.8. The number of benzene rings is 1. The van der Waals surface area contributed by atoms with Crippen LogP contribution in [0.15, 0.2) is 24.3 Å². The Morgan fingerprint density at radius 3 is 2.48 bits per heavy atom. The van der Waals surface area contributed by atoms with Gasteiger partial charge < -0.3 is 16.8 Å². The van der Waals surface area contributed by atoms with Gasteiger partial charge in [0.1, 0.15) is 0 Å². The van der Waals surface area contributed by atoms with Crippen LogP contribution >= 0.6 is 0 Å². The first-order valence-electron chi connectivity index (χ1n) is 7.28. The van der Waals surface area contributed by atoms with E-state index >= 15 is 0 Å². The van der Waals surface area contributed by atoms with Gasteiger partial charge in [-0.1, -0.05) is 32.0 Å². The molecule has 0 saturated heterocycles. The lowest BCUT2D eigenvalue weighted by molar-refractivity contribution is -0.118. The molecule has 1 rings (SSSR count). The van der Waals surface area contributed by atoms with Crippen molar-refractivity contribution >= 4 is 17.5 Å². The fourth-order valence-electron chi connectivity index (χ4n) is 2.38. The van der Waals surface area contributed by atoms with Gasteiger partial charge in [0.05, 0.1) is 6.42 Å². The van der Waals surface area contributed by atoms with Crippen LogP contribution in [0.1, 0.15) is 32.3 Å². The topological polar surface area (TPSA) is 98.2 Å². The van der Waals surface area contributed by atoms with Gasteiger partial charge in [0.25, 0.3) is 0 Å². The van der Waals surface area contributed by atoms with Crippen molar-refractivity contribution in [3.63, 3.8) is 0 Å². The zero-order chi connectivity index (χ0) is 15.8. The lowest BCUT2D eigenvalue weighted by Crippen LogP contribution is -2.24. The molecule has 0 radical (unpaired) electrons. The third kappa shape index (κ3) is 6.40. The second-order valence-corrected chi connectivity index (χ2v) is 5.78. The summed E-state index contributed by atoms with van der Waals surface area (Å²) in [5, 5.41) is 2.85. The highest BCUT2D eigenvalue weighted by Gasteiger charge is 2.15. The minimum absolute atomic E-state index is 0.0805. The molecule has 0 saturated carbocycles. The summed E-state index contributed by atoms with van der Waals surface area (Å²) in [6.07, 6.45) is 1.43. The molecule has 0 unspecified atom stereocenters. The minimum Gasteiger partial charge on any atom is -0.369 e. The van der Waals surface area contributed by atoms with Crippen molar-refractivity contribution in [1.82, 2.24) is 0 Å². The molecule has 5 N–H and O–H groups in total. The summed E-state index contributed by atoms with van der Waals surface area (Å²) in [7, 11) is 0. The third-order valence-electron chi connectivity index (χ3n) is 3.27. The molecular formula is C16H25N3O2. The predicted octanol–water partition coefficient (Wildman–Crippen LogP) is 1.66. The van der Waals surface area contributed by atoms with E-state index in [1.807, 2.05) is 12.1 Å². The van der Waals surface area contributed by atoms with Crippen molar-refractivity contribution < 1.29 is 9.59 Å². The Kier molecular flexibility index (Phi) is 6.88. The van der Waals surface area contributed by atoms with E-state index in [0.29, 0.717) is 24.6 Å². The number of nitrogens with two attached hydrogens (primary N) is 2. The van der Waals surface area contributed by atoms with E-state index in [9.17, 15) is 9.59 Å². The van der Waals surface area contributed by atoms with Gasteiger partial charge in [-0.15, -0.1) is 0 Å². The molecule has 0 spiro atoms. The van der Waals surface area contributed by atoms with Gasteiger partial charge in [-0.3, -0.25) is 9.59 Å². The fourth-order valence-corrected chi connectivity index (χ4v) is 2.38. The SMILES string of the molecule is CC(C)C[C@H](CN)CC(=O)Nc1ccccc1CC(N)=O. The Bertz CT molecular complexity index is 486. The van der Waals surface area contributed by atoms with Crippen LogP contribution in [0.25, 0.3) is 0 Å². The molecule has 21 heavy (non-hydrogen) atoms. The molecule has 5 nitrogen and oxygen atoms in total.